The maximum absolute atomic E-state index is 12.3. The average Bonchev–Trinajstić information content (AvgIpc) is 2.80. The van der Waals surface area contributed by atoms with E-state index in [1.807, 2.05) is 0 Å². The SMILES string of the molecule is CCC1CC2C(=O)N(C(C)(C)CO)C(=O)C2C1. The molecule has 1 aliphatic carbocycles. The monoisotopic (exact) mass is 239 g/mol. The topological polar surface area (TPSA) is 57.6 Å². The lowest BCUT2D eigenvalue weighted by Gasteiger charge is -2.33. The molecule has 1 heterocycles. The number of amides is 2. The Morgan fingerprint density at radius 3 is 2.06 bits per heavy atom. The minimum atomic E-state index is -0.764. The van der Waals surface area contributed by atoms with E-state index in [-0.39, 0.29) is 30.3 Å². The highest BCUT2D eigenvalue weighted by Crippen LogP contribution is 2.45. The predicted molar refractivity (Wildman–Crippen MR) is 63.0 cm³/mol. The summed E-state index contributed by atoms with van der Waals surface area (Å²) < 4.78 is 0. The molecule has 1 N–H and O–H groups in total. The third-order valence-corrected chi connectivity index (χ3v) is 4.31. The van der Waals surface area contributed by atoms with Crippen LogP contribution in [0.25, 0.3) is 0 Å². The van der Waals surface area contributed by atoms with E-state index in [0.717, 1.165) is 19.3 Å². The fourth-order valence-electron chi connectivity index (χ4n) is 3.13. The van der Waals surface area contributed by atoms with Crippen molar-refractivity contribution in [2.24, 2.45) is 17.8 Å². The van der Waals surface area contributed by atoms with Gasteiger partial charge in [-0.05, 0) is 32.6 Å². The number of hydrogen-bond acceptors (Lipinski definition) is 3. The van der Waals surface area contributed by atoms with Crippen molar-refractivity contribution in [3.05, 3.63) is 0 Å². The molecule has 4 nitrogen and oxygen atoms in total. The van der Waals surface area contributed by atoms with E-state index in [1.54, 1.807) is 13.8 Å². The first-order chi connectivity index (χ1) is 7.92. The second kappa shape index (κ2) is 4.09. The summed E-state index contributed by atoms with van der Waals surface area (Å²) in [4.78, 5) is 25.8. The molecule has 0 radical (unpaired) electrons. The average molecular weight is 239 g/mol. The lowest BCUT2D eigenvalue weighted by Crippen LogP contribution is -2.51. The van der Waals surface area contributed by atoms with Crippen LogP contribution in [0.4, 0.5) is 0 Å². The lowest BCUT2D eigenvalue weighted by atomic mass is 10.00. The minimum Gasteiger partial charge on any atom is -0.394 e. The van der Waals surface area contributed by atoms with Crippen molar-refractivity contribution < 1.29 is 14.7 Å². The quantitative estimate of drug-likeness (QED) is 0.752. The molecule has 4 heteroatoms. The number of likely N-dealkylation sites (tertiary alicyclic amines) is 1. The number of aliphatic hydroxyl groups excluding tert-OH is 1. The molecule has 0 aromatic carbocycles. The van der Waals surface area contributed by atoms with E-state index >= 15 is 0 Å². The molecule has 96 valence electrons. The lowest BCUT2D eigenvalue weighted by molar-refractivity contribution is -0.148. The number of fused-ring (bicyclic) bond motifs is 1. The van der Waals surface area contributed by atoms with Crippen molar-refractivity contribution in [2.75, 3.05) is 6.61 Å². The van der Waals surface area contributed by atoms with Crippen LogP contribution in [0, 0.1) is 17.8 Å². The molecule has 1 saturated heterocycles. The first-order valence-corrected chi connectivity index (χ1v) is 6.41. The van der Waals surface area contributed by atoms with Crippen molar-refractivity contribution in [1.82, 2.24) is 4.90 Å². The van der Waals surface area contributed by atoms with Crippen LogP contribution in [0.2, 0.25) is 0 Å². The molecule has 1 aliphatic heterocycles. The number of imide groups is 1. The largest absolute Gasteiger partial charge is 0.394 e. The maximum atomic E-state index is 12.3. The molecule has 0 bridgehead atoms. The molecule has 2 amide bonds. The van der Waals surface area contributed by atoms with Crippen molar-refractivity contribution in [3.63, 3.8) is 0 Å². The summed E-state index contributed by atoms with van der Waals surface area (Å²) in [6, 6.07) is 0. The normalized spacial score (nSPS) is 33.4. The van der Waals surface area contributed by atoms with Crippen molar-refractivity contribution >= 4 is 11.8 Å². The van der Waals surface area contributed by atoms with Gasteiger partial charge in [-0.2, -0.15) is 0 Å². The molecular weight excluding hydrogens is 218 g/mol. The molecule has 2 atom stereocenters. The third-order valence-electron chi connectivity index (χ3n) is 4.31. The highest BCUT2D eigenvalue weighted by atomic mass is 16.3. The van der Waals surface area contributed by atoms with E-state index < -0.39 is 5.54 Å². The summed E-state index contributed by atoms with van der Waals surface area (Å²) in [5.41, 5.74) is -0.764. The molecule has 2 unspecified atom stereocenters. The van der Waals surface area contributed by atoms with E-state index in [2.05, 4.69) is 6.92 Å². The van der Waals surface area contributed by atoms with Gasteiger partial charge in [0.15, 0.2) is 0 Å². The van der Waals surface area contributed by atoms with Gasteiger partial charge in [-0.25, -0.2) is 0 Å². The van der Waals surface area contributed by atoms with Crippen molar-refractivity contribution in [2.45, 2.75) is 45.6 Å². The Morgan fingerprint density at radius 2 is 1.71 bits per heavy atom. The number of carbonyl (C=O) groups excluding carboxylic acids is 2. The smallest absolute Gasteiger partial charge is 0.233 e. The predicted octanol–water partition coefficient (Wildman–Crippen LogP) is 1.18. The van der Waals surface area contributed by atoms with Gasteiger partial charge < -0.3 is 5.11 Å². The number of rotatable bonds is 3. The maximum Gasteiger partial charge on any atom is 0.233 e. The molecule has 1 saturated carbocycles. The van der Waals surface area contributed by atoms with Gasteiger partial charge in [0.05, 0.1) is 24.0 Å². The van der Waals surface area contributed by atoms with E-state index in [9.17, 15) is 14.7 Å². The fourth-order valence-corrected chi connectivity index (χ4v) is 3.13. The van der Waals surface area contributed by atoms with Crippen LogP contribution in [-0.4, -0.2) is 34.0 Å². The summed E-state index contributed by atoms with van der Waals surface area (Å²) >= 11 is 0. The van der Waals surface area contributed by atoms with Crippen molar-refractivity contribution in [1.29, 1.82) is 0 Å². The van der Waals surface area contributed by atoms with Crippen LogP contribution in [0.5, 0.6) is 0 Å². The van der Waals surface area contributed by atoms with Gasteiger partial charge in [0.1, 0.15) is 0 Å². The fraction of sp³-hybridized carbons (Fsp3) is 0.846. The van der Waals surface area contributed by atoms with Gasteiger partial charge in [0, 0.05) is 0 Å². The molecule has 0 aromatic heterocycles. The summed E-state index contributed by atoms with van der Waals surface area (Å²) in [6.45, 7) is 5.40. The van der Waals surface area contributed by atoms with Crippen LogP contribution in [0.3, 0.4) is 0 Å². The summed E-state index contributed by atoms with van der Waals surface area (Å²) in [5, 5.41) is 9.31. The van der Waals surface area contributed by atoms with Gasteiger partial charge in [-0.1, -0.05) is 13.3 Å². The Labute approximate surface area is 102 Å². The van der Waals surface area contributed by atoms with E-state index in [1.165, 1.54) is 4.90 Å². The van der Waals surface area contributed by atoms with Gasteiger partial charge >= 0.3 is 0 Å². The van der Waals surface area contributed by atoms with E-state index in [4.69, 9.17) is 0 Å². The second-order valence-corrected chi connectivity index (χ2v) is 5.94. The van der Waals surface area contributed by atoms with Crippen LogP contribution >= 0.6 is 0 Å². The Balaban J connectivity index is 2.22. The Hall–Kier alpha value is -0.900. The number of hydrogen-bond donors (Lipinski definition) is 1. The number of nitrogens with zero attached hydrogens (tertiary/aromatic N) is 1. The summed E-state index contributed by atoms with van der Waals surface area (Å²) in [5.74, 6) is 0.110. The minimum absolute atomic E-state index is 0.0741. The van der Waals surface area contributed by atoms with Crippen LogP contribution < -0.4 is 0 Å². The van der Waals surface area contributed by atoms with Crippen LogP contribution in [0.1, 0.15) is 40.0 Å². The molecule has 2 fully saturated rings. The molecule has 2 rings (SSSR count). The van der Waals surface area contributed by atoms with Gasteiger partial charge in [-0.3, -0.25) is 14.5 Å². The number of carbonyl (C=O) groups is 2. The molecule has 17 heavy (non-hydrogen) atoms. The number of aliphatic hydroxyl groups is 1. The molecule has 2 aliphatic rings. The standard InChI is InChI=1S/C13H21NO3/c1-4-8-5-9-10(6-8)12(17)14(11(9)16)13(2,3)7-15/h8-10,15H,4-7H2,1-3H3. The first kappa shape index (κ1) is 12.6. The highest BCUT2D eigenvalue weighted by molar-refractivity contribution is 6.06. The van der Waals surface area contributed by atoms with Crippen LogP contribution in [-0.2, 0) is 9.59 Å². The Bertz CT molecular complexity index is 327. The third kappa shape index (κ3) is 1.79. The van der Waals surface area contributed by atoms with Gasteiger partial charge in [0.2, 0.25) is 11.8 Å². The molecule has 0 spiro atoms. The van der Waals surface area contributed by atoms with Gasteiger partial charge in [0.25, 0.3) is 0 Å². The van der Waals surface area contributed by atoms with E-state index in [0.29, 0.717) is 5.92 Å². The van der Waals surface area contributed by atoms with Crippen molar-refractivity contribution in [3.8, 4) is 0 Å². The van der Waals surface area contributed by atoms with Crippen LogP contribution in [0.15, 0.2) is 0 Å². The Kier molecular flexibility index (Phi) is 3.02. The summed E-state index contributed by atoms with van der Waals surface area (Å²) in [7, 11) is 0. The zero-order chi connectivity index (χ0) is 12.8. The molecular formula is C13H21NO3. The zero-order valence-corrected chi connectivity index (χ0v) is 10.8. The molecule has 0 aromatic rings. The zero-order valence-electron chi connectivity index (χ0n) is 10.8. The first-order valence-electron chi connectivity index (χ1n) is 6.41. The second-order valence-electron chi connectivity index (χ2n) is 5.94. The van der Waals surface area contributed by atoms with Gasteiger partial charge in [-0.15, -0.1) is 0 Å². The highest BCUT2D eigenvalue weighted by Gasteiger charge is 2.55. The summed E-state index contributed by atoms with van der Waals surface area (Å²) in [6.07, 6.45) is 2.71. The Morgan fingerprint density at radius 1 is 1.24 bits per heavy atom.